The number of carbonyl (C=O) groups is 3. The highest BCUT2D eigenvalue weighted by atomic mass is 32.2. The highest BCUT2D eigenvalue weighted by Crippen LogP contribution is 2.37. The van der Waals surface area contributed by atoms with Crippen LogP contribution >= 0.6 is 11.8 Å². The summed E-state index contributed by atoms with van der Waals surface area (Å²) in [6.45, 7) is 3.43. The average molecular weight is 524 g/mol. The van der Waals surface area contributed by atoms with Crippen molar-refractivity contribution in [1.82, 2.24) is 14.8 Å². The van der Waals surface area contributed by atoms with Crippen LogP contribution in [-0.2, 0) is 9.47 Å². The van der Waals surface area contributed by atoms with Gasteiger partial charge < -0.3 is 24.1 Å². The van der Waals surface area contributed by atoms with Crippen molar-refractivity contribution in [2.45, 2.75) is 19.0 Å². The van der Waals surface area contributed by atoms with Gasteiger partial charge in [-0.3, -0.25) is 4.57 Å². The summed E-state index contributed by atoms with van der Waals surface area (Å²) in [6.07, 6.45) is -1.93. The Morgan fingerprint density at radius 1 is 0.892 bits per heavy atom. The number of rotatable bonds is 7. The second-order valence-corrected chi connectivity index (χ2v) is 8.15. The lowest BCUT2D eigenvalue weighted by molar-refractivity contribution is 0.103. The van der Waals surface area contributed by atoms with Gasteiger partial charge in [-0.05, 0) is 37.4 Å². The maximum absolute atomic E-state index is 12.2. The van der Waals surface area contributed by atoms with E-state index in [1.165, 1.54) is 18.2 Å². The third-order valence-corrected chi connectivity index (χ3v) is 5.55. The van der Waals surface area contributed by atoms with Crippen molar-refractivity contribution < 1.29 is 38.4 Å². The second kappa shape index (κ2) is 11.4. The molecule has 0 saturated heterocycles. The van der Waals surface area contributed by atoms with Crippen LogP contribution in [0, 0.1) is 0 Å². The molecule has 0 atom stereocenters. The lowest BCUT2D eigenvalue weighted by atomic mass is 10.1. The molecule has 1 aromatic heterocycles. The first-order chi connectivity index (χ1) is 17.9. The number of aromatic nitrogens is 3. The molecular formula is C25H21N3O8S. The summed E-state index contributed by atoms with van der Waals surface area (Å²) in [5, 5.41) is 18.4. The van der Waals surface area contributed by atoms with Crippen molar-refractivity contribution in [2.24, 2.45) is 0 Å². The van der Waals surface area contributed by atoms with E-state index in [2.05, 4.69) is 10.2 Å². The summed E-state index contributed by atoms with van der Waals surface area (Å²) in [5.74, 6) is 0.168. The highest BCUT2D eigenvalue weighted by Gasteiger charge is 2.24. The van der Waals surface area contributed by atoms with Gasteiger partial charge in [0, 0.05) is 23.2 Å². The predicted molar refractivity (Wildman–Crippen MR) is 133 cm³/mol. The van der Waals surface area contributed by atoms with E-state index in [4.69, 9.17) is 18.9 Å². The molecule has 1 heterocycles. The Labute approximate surface area is 214 Å². The molecule has 1 N–H and O–H groups in total. The molecule has 0 aliphatic carbocycles. The van der Waals surface area contributed by atoms with Crippen LogP contribution in [0.1, 0.15) is 13.8 Å². The molecule has 0 spiro atoms. The molecule has 0 fully saturated rings. The van der Waals surface area contributed by atoms with Gasteiger partial charge in [0.2, 0.25) is 5.16 Å². The van der Waals surface area contributed by atoms with Gasteiger partial charge >= 0.3 is 17.6 Å². The van der Waals surface area contributed by atoms with E-state index >= 15 is 0 Å². The molecule has 0 saturated carbocycles. The average Bonchev–Trinajstić information content (AvgIpc) is 3.26. The van der Waals surface area contributed by atoms with Gasteiger partial charge in [-0.25, -0.2) is 14.4 Å². The zero-order valence-electron chi connectivity index (χ0n) is 19.7. The largest absolute Gasteiger partial charge is 0.513 e. The van der Waals surface area contributed by atoms with Gasteiger partial charge in [-0.2, -0.15) is 0 Å². The van der Waals surface area contributed by atoms with Crippen LogP contribution in [0.4, 0.5) is 14.4 Å². The van der Waals surface area contributed by atoms with E-state index in [-0.39, 0.29) is 41.3 Å². The molecule has 37 heavy (non-hydrogen) atoms. The standard InChI is InChI=1S/C25H21N3O8S/c1-3-33-24(31)35-16-12-13-18(20(14-16)36-25(32)34-4-2)21-26-27-22(37-23(29)30)28(21)19-11-7-9-15-8-5-6-10-17(15)19/h5-14H,3-4H2,1-2H3,(H,29,30). The Kier molecular flexibility index (Phi) is 7.89. The number of carboxylic acid groups (broad SMARTS) is 1. The Morgan fingerprint density at radius 3 is 2.32 bits per heavy atom. The predicted octanol–water partition coefficient (Wildman–Crippen LogP) is 5.93. The van der Waals surface area contributed by atoms with Crippen LogP contribution in [0.3, 0.4) is 0 Å². The smallest absolute Gasteiger partial charge is 0.473 e. The first-order valence-electron chi connectivity index (χ1n) is 11.1. The first kappa shape index (κ1) is 25.5. The molecule has 0 bridgehead atoms. The molecule has 0 radical (unpaired) electrons. The van der Waals surface area contributed by atoms with Crippen molar-refractivity contribution in [3.63, 3.8) is 0 Å². The van der Waals surface area contributed by atoms with Crippen LogP contribution in [0.25, 0.3) is 27.8 Å². The molecule has 4 aromatic rings. The molecule has 190 valence electrons. The second-order valence-electron chi connectivity index (χ2n) is 7.24. The maximum Gasteiger partial charge on any atom is 0.513 e. The number of ether oxygens (including phenoxy) is 4. The molecule has 0 aliphatic rings. The molecule has 3 aromatic carbocycles. The molecular weight excluding hydrogens is 502 g/mol. The number of fused-ring (bicyclic) bond motifs is 1. The molecule has 0 aliphatic heterocycles. The third kappa shape index (κ3) is 5.81. The fourth-order valence-corrected chi connectivity index (χ4v) is 4.04. The van der Waals surface area contributed by atoms with Gasteiger partial charge in [0.05, 0.1) is 24.5 Å². The van der Waals surface area contributed by atoms with E-state index < -0.39 is 17.6 Å². The lowest BCUT2D eigenvalue weighted by Gasteiger charge is -2.15. The minimum absolute atomic E-state index is 0.0397. The molecule has 0 amide bonds. The third-order valence-electron chi connectivity index (χ3n) is 4.93. The van der Waals surface area contributed by atoms with Crippen LogP contribution in [0.2, 0.25) is 0 Å². The number of hydrogen-bond donors (Lipinski definition) is 1. The van der Waals surface area contributed by atoms with E-state index in [1.54, 1.807) is 24.5 Å². The summed E-state index contributed by atoms with van der Waals surface area (Å²) in [4.78, 5) is 35.6. The van der Waals surface area contributed by atoms with Crippen molar-refractivity contribution >= 4 is 40.1 Å². The number of thioether (sulfide) groups is 1. The van der Waals surface area contributed by atoms with Gasteiger partial charge in [-0.1, -0.05) is 36.4 Å². The van der Waals surface area contributed by atoms with Crippen molar-refractivity contribution in [3.8, 4) is 28.6 Å². The number of hydrogen-bond acceptors (Lipinski definition) is 10. The summed E-state index contributed by atoms with van der Waals surface area (Å²) >= 11 is 0.477. The van der Waals surface area contributed by atoms with Crippen LogP contribution in [0.5, 0.6) is 11.5 Å². The number of benzene rings is 3. The van der Waals surface area contributed by atoms with E-state index in [9.17, 15) is 19.5 Å². The molecule has 0 unspecified atom stereocenters. The van der Waals surface area contributed by atoms with Crippen molar-refractivity contribution in [1.29, 1.82) is 0 Å². The zero-order valence-corrected chi connectivity index (χ0v) is 20.6. The Morgan fingerprint density at radius 2 is 1.59 bits per heavy atom. The SMILES string of the molecule is CCOC(=O)Oc1ccc(-c2nnc(SC(=O)O)n2-c2cccc3ccccc23)c(OC(=O)OCC)c1. The number of nitrogens with zero attached hydrogens (tertiary/aromatic N) is 3. The fraction of sp³-hybridized carbons (Fsp3) is 0.160. The van der Waals surface area contributed by atoms with Crippen LogP contribution in [-0.4, -0.2) is 50.7 Å². The van der Waals surface area contributed by atoms with Gasteiger partial charge in [0.1, 0.15) is 11.5 Å². The van der Waals surface area contributed by atoms with Crippen LogP contribution in [0.15, 0.2) is 65.8 Å². The van der Waals surface area contributed by atoms with Crippen molar-refractivity contribution in [3.05, 3.63) is 60.7 Å². The van der Waals surface area contributed by atoms with Crippen LogP contribution < -0.4 is 9.47 Å². The lowest BCUT2D eigenvalue weighted by Crippen LogP contribution is -2.13. The van der Waals surface area contributed by atoms with Crippen molar-refractivity contribution in [2.75, 3.05) is 13.2 Å². The van der Waals surface area contributed by atoms with Gasteiger partial charge in [0.15, 0.2) is 5.82 Å². The minimum atomic E-state index is -1.18. The van der Waals surface area contributed by atoms with Gasteiger partial charge in [-0.15, -0.1) is 10.2 Å². The highest BCUT2D eigenvalue weighted by molar-refractivity contribution is 8.13. The fourth-order valence-electron chi connectivity index (χ4n) is 3.53. The number of carbonyl (C=O) groups excluding carboxylic acids is 2. The molecule has 4 rings (SSSR count). The Hall–Kier alpha value is -4.58. The van der Waals surface area contributed by atoms with E-state index in [1.807, 2.05) is 36.4 Å². The molecule has 12 heteroatoms. The van der Waals surface area contributed by atoms with E-state index in [0.717, 1.165) is 10.8 Å². The summed E-state index contributed by atoms with van der Waals surface area (Å²) in [5.41, 5.74) is 0.873. The molecule has 11 nitrogen and oxygen atoms in total. The van der Waals surface area contributed by atoms with Gasteiger partial charge in [0.25, 0.3) is 0 Å². The summed E-state index contributed by atoms with van der Waals surface area (Å²) in [6, 6.07) is 17.4. The Bertz CT molecular complexity index is 1460. The quantitative estimate of drug-likeness (QED) is 0.175. The normalized spacial score (nSPS) is 10.6. The topological polar surface area (TPSA) is 139 Å². The Balaban J connectivity index is 1.90. The minimum Gasteiger partial charge on any atom is -0.473 e. The first-order valence-corrected chi connectivity index (χ1v) is 11.9. The maximum atomic E-state index is 12.2. The summed E-state index contributed by atoms with van der Waals surface area (Å²) < 4.78 is 21.8. The van der Waals surface area contributed by atoms with E-state index in [0.29, 0.717) is 17.4 Å². The monoisotopic (exact) mass is 523 g/mol. The summed E-state index contributed by atoms with van der Waals surface area (Å²) in [7, 11) is 0. The zero-order chi connectivity index (χ0) is 26.4.